The normalized spacial score (nSPS) is 14.9. The van der Waals surface area contributed by atoms with Crippen LogP contribution in [0.15, 0.2) is 29.2 Å². The van der Waals surface area contributed by atoms with Gasteiger partial charge < -0.3 is 19.9 Å². The number of nitrogens with zero attached hydrogens (tertiary/aromatic N) is 4. The molecule has 2 aromatic heterocycles. The largest absolute Gasteiger partial charge is 0.496 e. The number of piperazine rings is 1. The summed E-state index contributed by atoms with van der Waals surface area (Å²) in [4.78, 5) is 22.0. The molecular formula is C17H20N6O2. The molecule has 0 atom stereocenters. The Morgan fingerprint density at radius 1 is 1.24 bits per heavy atom. The van der Waals surface area contributed by atoms with E-state index in [1.807, 2.05) is 18.2 Å². The standard InChI is InChI=1S/C17H20N6O2/c1-22-16-13(10-19-22)17(24)21-15(20-16)12-4-3-11(9-14(12)25-2)23-7-5-18-6-8-23/h3-4,9-10,18H,5-8H2,1-2H3,(H,20,21,24). The van der Waals surface area contributed by atoms with Crippen LogP contribution in [0.1, 0.15) is 0 Å². The Morgan fingerprint density at radius 2 is 2.04 bits per heavy atom. The van der Waals surface area contributed by atoms with Gasteiger partial charge in [-0.3, -0.25) is 9.48 Å². The zero-order chi connectivity index (χ0) is 17.4. The molecule has 1 saturated heterocycles. The Kier molecular flexibility index (Phi) is 3.89. The number of anilines is 1. The van der Waals surface area contributed by atoms with E-state index in [1.54, 1.807) is 18.8 Å². The molecule has 0 spiro atoms. The quantitative estimate of drug-likeness (QED) is 0.731. The smallest absolute Gasteiger partial charge is 0.262 e. The van der Waals surface area contributed by atoms with Crippen LogP contribution in [0.2, 0.25) is 0 Å². The molecule has 3 aromatic rings. The molecule has 8 nitrogen and oxygen atoms in total. The minimum absolute atomic E-state index is 0.207. The molecule has 0 saturated carbocycles. The van der Waals surface area contributed by atoms with E-state index < -0.39 is 0 Å². The third-order valence-corrected chi connectivity index (χ3v) is 4.52. The molecule has 8 heteroatoms. The Morgan fingerprint density at radius 3 is 2.80 bits per heavy atom. The highest BCUT2D eigenvalue weighted by atomic mass is 16.5. The molecule has 0 amide bonds. The maximum Gasteiger partial charge on any atom is 0.262 e. The fourth-order valence-electron chi connectivity index (χ4n) is 3.16. The summed E-state index contributed by atoms with van der Waals surface area (Å²) in [6.07, 6.45) is 1.52. The van der Waals surface area contributed by atoms with Crippen LogP contribution in [0.3, 0.4) is 0 Å². The van der Waals surface area contributed by atoms with E-state index in [9.17, 15) is 4.79 Å². The van der Waals surface area contributed by atoms with Gasteiger partial charge >= 0.3 is 0 Å². The number of hydrogen-bond donors (Lipinski definition) is 2. The summed E-state index contributed by atoms with van der Waals surface area (Å²) in [6.45, 7) is 3.85. The lowest BCUT2D eigenvalue weighted by atomic mass is 10.1. The Bertz CT molecular complexity index is 971. The maximum atomic E-state index is 12.3. The summed E-state index contributed by atoms with van der Waals surface area (Å²) in [5.74, 6) is 1.16. The third-order valence-electron chi connectivity index (χ3n) is 4.52. The van der Waals surface area contributed by atoms with E-state index in [-0.39, 0.29) is 5.56 Å². The van der Waals surface area contributed by atoms with Crippen LogP contribution in [-0.4, -0.2) is 53.0 Å². The summed E-state index contributed by atoms with van der Waals surface area (Å²) < 4.78 is 7.16. The lowest BCUT2D eigenvalue weighted by molar-refractivity contribution is 0.416. The number of methoxy groups -OCH3 is 1. The van der Waals surface area contributed by atoms with Crippen molar-refractivity contribution in [2.24, 2.45) is 7.05 Å². The predicted octanol–water partition coefficient (Wildman–Crippen LogP) is 0.742. The van der Waals surface area contributed by atoms with Crippen molar-refractivity contribution in [1.29, 1.82) is 0 Å². The average molecular weight is 340 g/mol. The van der Waals surface area contributed by atoms with Crippen LogP contribution in [-0.2, 0) is 7.05 Å². The summed E-state index contributed by atoms with van der Waals surface area (Å²) in [7, 11) is 3.39. The number of benzene rings is 1. The highest BCUT2D eigenvalue weighted by molar-refractivity contribution is 5.77. The number of aromatic amines is 1. The minimum atomic E-state index is -0.207. The van der Waals surface area contributed by atoms with Gasteiger partial charge in [0.2, 0.25) is 0 Å². The van der Waals surface area contributed by atoms with Crippen molar-refractivity contribution in [1.82, 2.24) is 25.1 Å². The van der Waals surface area contributed by atoms with Crippen molar-refractivity contribution >= 4 is 16.7 Å². The van der Waals surface area contributed by atoms with Crippen molar-refractivity contribution in [2.75, 3.05) is 38.2 Å². The molecule has 0 aliphatic carbocycles. The van der Waals surface area contributed by atoms with Gasteiger partial charge in [0.25, 0.3) is 5.56 Å². The van der Waals surface area contributed by atoms with Gasteiger partial charge in [0, 0.05) is 45.0 Å². The number of aromatic nitrogens is 4. The highest BCUT2D eigenvalue weighted by Gasteiger charge is 2.16. The molecule has 1 aliphatic heterocycles. The lowest BCUT2D eigenvalue weighted by Crippen LogP contribution is -2.43. The molecule has 0 unspecified atom stereocenters. The van der Waals surface area contributed by atoms with Gasteiger partial charge in [0.1, 0.15) is 17.0 Å². The van der Waals surface area contributed by atoms with Crippen LogP contribution in [0, 0.1) is 0 Å². The zero-order valence-electron chi connectivity index (χ0n) is 14.2. The van der Waals surface area contributed by atoms with E-state index in [1.165, 1.54) is 6.20 Å². The first kappa shape index (κ1) is 15.6. The molecular weight excluding hydrogens is 320 g/mol. The molecule has 4 rings (SSSR count). The zero-order valence-corrected chi connectivity index (χ0v) is 14.2. The fraction of sp³-hybridized carbons (Fsp3) is 0.353. The van der Waals surface area contributed by atoms with Crippen LogP contribution >= 0.6 is 0 Å². The number of fused-ring (bicyclic) bond motifs is 1. The molecule has 2 N–H and O–H groups in total. The van der Waals surface area contributed by atoms with Crippen molar-refractivity contribution < 1.29 is 4.74 Å². The second-order valence-electron chi connectivity index (χ2n) is 6.04. The van der Waals surface area contributed by atoms with Crippen molar-refractivity contribution in [2.45, 2.75) is 0 Å². The van der Waals surface area contributed by atoms with E-state index in [0.717, 1.165) is 37.4 Å². The average Bonchev–Trinajstić information content (AvgIpc) is 3.03. The molecule has 25 heavy (non-hydrogen) atoms. The monoisotopic (exact) mass is 340 g/mol. The topological polar surface area (TPSA) is 88.1 Å². The van der Waals surface area contributed by atoms with E-state index in [0.29, 0.717) is 22.6 Å². The number of hydrogen-bond acceptors (Lipinski definition) is 6. The minimum Gasteiger partial charge on any atom is -0.496 e. The van der Waals surface area contributed by atoms with Gasteiger partial charge in [-0.2, -0.15) is 5.10 Å². The van der Waals surface area contributed by atoms with Gasteiger partial charge in [0.05, 0.1) is 18.9 Å². The summed E-state index contributed by atoms with van der Waals surface area (Å²) in [5, 5.41) is 7.92. The van der Waals surface area contributed by atoms with Crippen LogP contribution in [0.25, 0.3) is 22.4 Å². The Balaban J connectivity index is 1.79. The molecule has 3 heterocycles. The van der Waals surface area contributed by atoms with E-state index in [4.69, 9.17) is 4.74 Å². The van der Waals surface area contributed by atoms with Crippen LogP contribution in [0.5, 0.6) is 5.75 Å². The summed E-state index contributed by atoms with van der Waals surface area (Å²) in [5.41, 5.74) is 2.20. The first-order valence-electron chi connectivity index (χ1n) is 8.23. The SMILES string of the molecule is COc1cc(N2CCNCC2)ccc1-c1nc2c(cnn2C)c(=O)[nH]1. The first-order chi connectivity index (χ1) is 12.2. The highest BCUT2D eigenvalue weighted by Crippen LogP contribution is 2.32. The van der Waals surface area contributed by atoms with Gasteiger partial charge in [-0.25, -0.2) is 4.98 Å². The van der Waals surface area contributed by atoms with Crippen LogP contribution in [0.4, 0.5) is 5.69 Å². The van der Waals surface area contributed by atoms with E-state index >= 15 is 0 Å². The molecule has 0 radical (unpaired) electrons. The second kappa shape index (κ2) is 6.21. The predicted molar refractivity (Wildman–Crippen MR) is 96.2 cm³/mol. The molecule has 1 fully saturated rings. The van der Waals surface area contributed by atoms with Gasteiger partial charge in [-0.15, -0.1) is 0 Å². The van der Waals surface area contributed by atoms with Crippen molar-refractivity contribution in [3.63, 3.8) is 0 Å². The lowest BCUT2D eigenvalue weighted by Gasteiger charge is -2.29. The molecule has 0 bridgehead atoms. The summed E-state index contributed by atoms with van der Waals surface area (Å²) in [6, 6.07) is 5.97. The van der Waals surface area contributed by atoms with E-state index in [2.05, 4.69) is 25.3 Å². The van der Waals surface area contributed by atoms with Crippen molar-refractivity contribution in [3.05, 3.63) is 34.7 Å². The van der Waals surface area contributed by atoms with Crippen molar-refractivity contribution in [3.8, 4) is 17.1 Å². The Labute approximate surface area is 144 Å². The maximum absolute atomic E-state index is 12.3. The molecule has 1 aliphatic rings. The third kappa shape index (κ3) is 2.74. The first-order valence-corrected chi connectivity index (χ1v) is 8.23. The number of rotatable bonds is 3. The van der Waals surface area contributed by atoms with Gasteiger partial charge in [-0.1, -0.05) is 0 Å². The number of aryl methyl sites for hydroxylation is 1. The fourth-order valence-corrected chi connectivity index (χ4v) is 3.16. The summed E-state index contributed by atoms with van der Waals surface area (Å²) >= 11 is 0. The molecule has 1 aromatic carbocycles. The Hall–Kier alpha value is -2.87. The molecule has 130 valence electrons. The van der Waals surface area contributed by atoms with Crippen LogP contribution < -0.4 is 20.5 Å². The van der Waals surface area contributed by atoms with Gasteiger partial charge in [-0.05, 0) is 12.1 Å². The number of nitrogens with one attached hydrogen (secondary N) is 2. The van der Waals surface area contributed by atoms with Gasteiger partial charge in [0.15, 0.2) is 5.65 Å². The number of ether oxygens (including phenoxy) is 1. The second-order valence-corrected chi connectivity index (χ2v) is 6.04. The number of H-pyrrole nitrogens is 1.